The Balaban J connectivity index is 1.43. The smallest absolute Gasteiger partial charge is 0.356 e. The summed E-state index contributed by atoms with van der Waals surface area (Å²) >= 11 is 0. The van der Waals surface area contributed by atoms with Gasteiger partial charge in [0.05, 0.1) is 6.42 Å². The topological polar surface area (TPSA) is 243 Å². The van der Waals surface area contributed by atoms with Gasteiger partial charge in [0, 0.05) is 19.9 Å². The molecule has 1 saturated carbocycles. The van der Waals surface area contributed by atoms with Crippen molar-refractivity contribution in [2.45, 2.75) is 88.4 Å². The zero-order valence-electron chi connectivity index (χ0n) is 29.4. The molecule has 3 aromatic rings. The number of aryl methyl sites for hydroxylation is 1. The van der Waals surface area contributed by atoms with Gasteiger partial charge in [-0.15, -0.1) is 0 Å². The zero-order chi connectivity index (χ0) is 38.5. The molecular formula is C38H45N5O10. The number of fused-ring (bicyclic) bond motifs is 1. The number of carbonyl (C=O) groups excluding carboxylic acids is 5. The van der Waals surface area contributed by atoms with Crippen molar-refractivity contribution in [1.29, 1.82) is 0 Å². The molecule has 8 N–H and O–H groups in total. The average molecular weight is 732 g/mol. The summed E-state index contributed by atoms with van der Waals surface area (Å²) < 4.78 is 5.03. The van der Waals surface area contributed by atoms with Crippen LogP contribution in [0.5, 0.6) is 5.75 Å². The minimum atomic E-state index is -2.12. The van der Waals surface area contributed by atoms with Crippen molar-refractivity contribution < 1.29 is 48.5 Å². The van der Waals surface area contributed by atoms with Gasteiger partial charge in [-0.2, -0.15) is 0 Å². The van der Waals surface area contributed by atoms with Gasteiger partial charge in [0.15, 0.2) is 0 Å². The van der Waals surface area contributed by atoms with Gasteiger partial charge in [0.2, 0.25) is 29.5 Å². The van der Waals surface area contributed by atoms with E-state index in [1.54, 1.807) is 0 Å². The fraction of sp³-hybridized carbons (Fsp3) is 0.395. The molecule has 1 fully saturated rings. The first-order chi connectivity index (χ1) is 25.3. The molecule has 15 nitrogen and oxygen atoms in total. The van der Waals surface area contributed by atoms with E-state index < -0.39 is 71.6 Å². The number of benzene rings is 3. The number of primary amides is 1. The molecule has 282 valence electrons. The molecule has 0 radical (unpaired) electrons. The number of nitrogens with two attached hydrogens (primary N) is 1. The molecule has 2 atom stereocenters. The van der Waals surface area contributed by atoms with Crippen LogP contribution in [0.1, 0.15) is 63.0 Å². The Kier molecular flexibility index (Phi) is 13.9. The molecule has 0 spiro atoms. The van der Waals surface area contributed by atoms with E-state index in [2.05, 4.69) is 21.3 Å². The van der Waals surface area contributed by atoms with Crippen LogP contribution in [0.4, 0.5) is 0 Å². The molecule has 0 aromatic heterocycles. The largest absolute Gasteiger partial charge is 0.478 e. The van der Waals surface area contributed by atoms with Gasteiger partial charge in [0.1, 0.15) is 23.4 Å². The van der Waals surface area contributed by atoms with E-state index in [9.17, 15) is 33.6 Å². The van der Waals surface area contributed by atoms with Crippen LogP contribution in [0.3, 0.4) is 0 Å². The zero-order valence-corrected chi connectivity index (χ0v) is 29.4. The van der Waals surface area contributed by atoms with Gasteiger partial charge in [-0.3, -0.25) is 24.0 Å². The summed E-state index contributed by atoms with van der Waals surface area (Å²) in [7, 11) is 0. The summed E-state index contributed by atoms with van der Waals surface area (Å²) in [5, 5.41) is 31.3. The molecule has 0 saturated heterocycles. The molecule has 0 unspecified atom stereocenters. The van der Waals surface area contributed by atoms with Gasteiger partial charge < -0.3 is 42.0 Å². The van der Waals surface area contributed by atoms with E-state index in [0.717, 1.165) is 22.8 Å². The Labute approximate surface area is 306 Å². The molecular weight excluding hydrogens is 686 g/mol. The van der Waals surface area contributed by atoms with Crippen molar-refractivity contribution in [2.24, 2.45) is 5.73 Å². The van der Waals surface area contributed by atoms with Crippen LogP contribution in [0, 0.1) is 0 Å². The summed E-state index contributed by atoms with van der Waals surface area (Å²) in [5.41, 5.74) is 5.65. The van der Waals surface area contributed by atoms with Gasteiger partial charge in [-0.05, 0) is 59.7 Å². The number of hydrogen-bond donors (Lipinski definition) is 7. The summed E-state index contributed by atoms with van der Waals surface area (Å²) in [6, 6.07) is 17.2. The quantitative estimate of drug-likeness (QED) is 0.0738. The Bertz CT molecular complexity index is 1800. The van der Waals surface area contributed by atoms with Crippen LogP contribution < -0.4 is 31.7 Å². The number of hydrogen-bond acceptors (Lipinski definition) is 8. The molecule has 1 aliphatic carbocycles. The normalized spacial score (nSPS) is 14.7. The number of rotatable bonds is 18. The molecule has 15 heteroatoms. The molecule has 53 heavy (non-hydrogen) atoms. The first-order valence-corrected chi connectivity index (χ1v) is 17.4. The Morgan fingerprint density at radius 3 is 2.11 bits per heavy atom. The molecule has 4 rings (SSSR count). The Morgan fingerprint density at radius 1 is 0.811 bits per heavy atom. The highest BCUT2D eigenvalue weighted by Crippen LogP contribution is 2.29. The molecule has 5 amide bonds. The predicted molar refractivity (Wildman–Crippen MR) is 192 cm³/mol. The van der Waals surface area contributed by atoms with Gasteiger partial charge in [0.25, 0.3) is 6.10 Å². The van der Waals surface area contributed by atoms with Crippen LogP contribution in [-0.4, -0.2) is 82.0 Å². The third-order valence-electron chi connectivity index (χ3n) is 9.09. The van der Waals surface area contributed by atoms with Crippen LogP contribution >= 0.6 is 0 Å². The highest BCUT2D eigenvalue weighted by Gasteiger charge is 2.43. The van der Waals surface area contributed by atoms with Crippen LogP contribution in [0.25, 0.3) is 10.8 Å². The van der Waals surface area contributed by atoms with Crippen LogP contribution in [-0.2, 0) is 46.4 Å². The third-order valence-corrected chi connectivity index (χ3v) is 9.09. The fourth-order valence-electron chi connectivity index (χ4n) is 6.46. The number of aliphatic carboxylic acids is 2. The average Bonchev–Trinajstić information content (AvgIpc) is 3.12. The number of ether oxygens (including phenoxy) is 1. The second-order valence-corrected chi connectivity index (χ2v) is 13.1. The predicted octanol–water partition coefficient (Wildman–Crippen LogP) is 1.73. The molecule has 0 aliphatic heterocycles. The lowest BCUT2D eigenvalue weighted by atomic mass is 9.80. The van der Waals surface area contributed by atoms with E-state index in [4.69, 9.17) is 20.7 Å². The SMILES string of the molecule is CC(=O)N[C@@H](Cc1ccc(OC(C(=O)O)C(=O)O)cc1)C(=O)NC1(C(=O)N[C@@H](CC(N)=O)C(=O)NCCCc2cccc3ccccc23)CCCCC1. The minimum absolute atomic E-state index is 0.0405. The van der Waals surface area contributed by atoms with Gasteiger partial charge in [-0.1, -0.05) is 73.9 Å². The first kappa shape index (κ1) is 39.8. The van der Waals surface area contributed by atoms with Crippen molar-refractivity contribution in [3.8, 4) is 5.75 Å². The molecule has 0 bridgehead atoms. The lowest BCUT2D eigenvalue weighted by Gasteiger charge is -2.38. The van der Waals surface area contributed by atoms with Crippen LogP contribution in [0.15, 0.2) is 66.7 Å². The maximum absolute atomic E-state index is 14.0. The fourth-order valence-corrected chi connectivity index (χ4v) is 6.46. The third kappa shape index (κ3) is 11.2. The molecule has 1 aliphatic rings. The summed E-state index contributed by atoms with van der Waals surface area (Å²) in [6.45, 7) is 1.51. The van der Waals surface area contributed by atoms with E-state index in [-0.39, 0.29) is 31.6 Å². The number of amides is 5. The summed E-state index contributed by atoms with van der Waals surface area (Å²) in [5.74, 6) is -6.63. The van der Waals surface area contributed by atoms with E-state index in [1.165, 1.54) is 31.2 Å². The number of nitrogens with one attached hydrogen (secondary N) is 4. The lowest BCUT2D eigenvalue weighted by molar-refractivity contribution is -0.159. The van der Waals surface area contributed by atoms with Crippen LogP contribution in [0.2, 0.25) is 0 Å². The highest BCUT2D eigenvalue weighted by atomic mass is 16.5. The van der Waals surface area contributed by atoms with E-state index in [0.29, 0.717) is 31.2 Å². The highest BCUT2D eigenvalue weighted by molar-refractivity contribution is 5.98. The monoisotopic (exact) mass is 731 g/mol. The Morgan fingerprint density at radius 2 is 1.47 bits per heavy atom. The first-order valence-electron chi connectivity index (χ1n) is 17.4. The molecule has 3 aromatic carbocycles. The lowest BCUT2D eigenvalue weighted by Crippen LogP contribution is -2.65. The second kappa shape index (κ2) is 18.5. The Hall–Kier alpha value is -5.99. The molecule has 0 heterocycles. The standard InChI is InChI=1S/C38H45N5O10/c1-23(44)41-29(21-24-14-16-27(17-15-24)53-32(35(48)49)36(50)51)34(47)43-38(18-5-2-6-19-38)37(52)42-30(22-31(39)45)33(46)40-20-8-12-26-11-7-10-25-9-3-4-13-28(25)26/h3-4,7,9-11,13-17,29-30,32H,2,5-6,8,12,18-22H2,1H3,(H2,39,45)(H,40,46)(H,41,44)(H,42,52)(H,43,47)(H,48,49)(H,50,51)/t29-,30-/m0/s1. The number of carboxylic acid groups (broad SMARTS) is 2. The van der Waals surface area contributed by atoms with Gasteiger partial charge >= 0.3 is 11.9 Å². The van der Waals surface area contributed by atoms with Gasteiger partial charge in [-0.25, -0.2) is 9.59 Å². The van der Waals surface area contributed by atoms with Crippen molar-refractivity contribution in [2.75, 3.05) is 6.54 Å². The van der Waals surface area contributed by atoms with Crippen molar-refractivity contribution >= 4 is 52.2 Å². The number of carboxylic acids is 2. The maximum Gasteiger partial charge on any atom is 0.356 e. The summed E-state index contributed by atoms with van der Waals surface area (Å²) in [4.78, 5) is 87.5. The van der Waals surface area contributed by atoms with Crippen molar-refractivity contribution in [1.82, 2.24) is 21.3 Å². The van der Waals surface area contributed by atoms with E-state index >= 15 is 0 Å². The van der Waals surface area contributed by atoms with Crippen molar-refractivity contribution in [3.05, 3.63) is 77.9 Å². The minimum Gasteiger partial charge on any atom is -0.478 e. The summed E-state index contributed by atoms with van der Waals surface area (Å²) in [6.07, 6.45) is 1.14. The second-order valence-electron chi connectivity index (χ2n) is 13.1. The maximum atomic E-state index is 14.0. The van der Waals surface area contributed by atoms with Crippen molar-refractivity contribution in [3.63, 3.8) is 0 Å². The van der Waals surface area contributed by atoms with E-state index in [1.807, 2.05) is 42.5 Å². The number of carbonyl (C=O) groups is 7.